The highest BCUT2D eigenvalue weighted by Gasteiger charge is 2.12. The molecule has 10 heteroatoms. The van der Waals surface area contributed by atoms with Crippen molar-refractivity contribution in [1.82, 2.24) is 19.7 Å². The van der Waals surface area contributed by atoms with Crippen LogP contribution in [0.4, 0.5) is 10.8 Å². The standard InChI is InChI=1S/C20H27N5O3S2/c1-13(7-8-22-30(4,26)27)9-16-12-29-20(25-16)24-15-5-6-17(18(10-15)28-3)19-21-11-14(2)23-19/h5-6,10-13,22H,7-9H2,1-4H3,(H,21,23)(H,24,25)/t13-/m0/s1. The molecule has 0 spiro atoms. The highest BCUT2D eigenvalue weighted by Crippen LogP contribution is 2.32. The lowest BCUT2D eigenvalue weighted by atomic mass is 10.0. The van der Waals surface area contributed by atoms with Crippen LogP contribution in [-0.2, 0) is 16.4 Å². The van der Waals surface area contributed by atoms with E-state index in [1.54, 1.807) is 13.3 Å². The van der Waals surface area contributed by atoms with Crippen LogP contribution in [0.25, 0.3) is 11.4 Å². The van der Waals surface area contributed by atoms with E-state index in [-0.39, 0.29) is 0 Å². The Kier molecular flexibility index (Phi) is 7.11. The Morgan fingerprint density at radius 2 is 2.13 bits per heavy atom. The molecule has 0 bridgehead atoms. The zero-order chi connectivity index (χ0) is 21.7. The molecular weight excluding hydrogens is 422 g/mol. The molecule has 1 atom stereocenters. The van der Waals surface area contributed by atoms with Gasteiger partial charge in [-0.15, -0.1) is 11.3 Å². The molecule has 1 aromatic carbocycles. The number of aromatic nitrogens is 3. The number of imidazole rings is 1. The number of methoxy groups -OCH3 is 1. The Morgan fingerprint density at radius 3 is 2.80 bits per heavy atom. The Bertz CT molecular complexity index is 1090. The number of ether oxygens (including phenoxy) is 1. The molecule has 0 fully saturated rings. The van der Waals surface area contributed by atoms with Crippen LogP contribution in [0.2, 0.25) is 0 Å². The maximum Gasteiger partial charge on any atom is 0.208 e. The molecule has 2 aromatic heterocycles. The van der Waals surface area contributed by atoms with Gasteiger partial charge in [0.2, 0.25) is 10.0 Å². The van der Waals surface area contributed by atoms with E-state index in [1.165, 1.54) is 17.6 Å². The molecule has 0 saturated carbocycles. The molecule has 0 aliphatic heterocycles. The highest BCUT2D eigenvalue weighted by atomic mass is 32.2. The van der Waals surface area contributed by atoms with Crippen LogP contribution < -0.4 is 14.8 Å². The maximum atomic E-state index is 11.2. The summed E-state index contributed by atoms with van der Waals surface area (Å²) in [6, 6.07) is 5.86. The topological polar surface area (TPSA) is 109 Å². The molecule has 0 unspecified atom stereocenters. The van der Waals surface area contributed by atoms with Crippen LogP contribution in [0.1, 0.15) is 24.7 Å². The van der Waals surface area contributed by atoms with Gasteiger partial charge in [-0.05, 0) is 37.8 Å². The number of rotatable bonds is 10. The average Bonchev–Trinajstić information content (AvgIpc) is 3.29. The molecule has 162 valence electrons. The van der Waals surface area contributed by atoms with E-state index in [1.807, 2.05) is 30.5 Å². The zero-order valence-electron chi connectivity index (χ0n) is 17.5. The van der Waals surface area contributed by atoms with Crippen molar-refractivity contribution < 1.29 is 13.2 Å². The fourth-order valence-corrected chi connectivity index (χ4v) is 4.28. The van der Waals surface area contributed by atoms with Gasteiger partial charge in [-0.3, -0.25) is 0 Å². The number of benzene rings is 1. The summed E-state index contributed by atoms with van der Waals surface area (Å²) in [4.78, 5) is 12.2. The minimum atomic E-state index is -3.14. The number of H-pyrrole nitrogens is 1. The quantitative estimate of drug-likeness (QED) is 0.435. The van der Waals surface area contributed by atoms with Crippen LogP contribution >= 0.6 is 11.3 Å². The van der Waals surface area contributed by atoms with Gasteiger partial charge in [0.05, 0.1) is 24.6 Å². The third-order valence-electron chi connectivity index (χ3n) is 4.52. The van der Waals surface area contributed by atoms with Gasteiger partial charge >= 0.3 is 0 Å². The highest BCUT2D eigenvalue weighted by molar-refractivity contribution is 7.88. The lowest BCUT2D eigenvalue weighted by Crippen LogP contribution is -2.24. The third kappa shape index (κ3) is 6.28. The molecule has 30 heavy (non-hydrogen) atoms. The summed E-state index contributed by atoms with van der Waals surface area (Å²) >= 11 is 1.54. The van der Waals surface area contributed by atoms with Crippen molar-refractivity contribution in [1.29, 1.82) is 0 Å². The fourth-order valence-electron chi connectivity index (χ4n) is 3.05. The Balaban J connectivity index is 1.61. The minimum Gasteiger partial charge on any atom is -0.496 e. The first kappa shape index (κ1) is 22.3. The fraction of sp³-hybridized carbons (Fsp3) is 0.400. The van der Waals surface area contributed by atoms with E-state index in [2.05, 4.69) is 31.9 Å². The summed E-state index contributed by atoms with van der Waals surface area (Å²) in [5.41, 5.74) is 3.76. The largest absolute Gasteiger partial charge is 0.496 e. The van der Waals surface area contributed by atoms with Crippen molar-refractivity contribution >= 4 is 32.2 Å². The van der Waals surface area contributed by atoms with Gasteiger partial charge in [-0.25, -0.2) is 23.1 Å². The molecule has 2 heterocycles. The maximum absolute atomic E-state index is 11.2. The zero-order valence-corrected chi connectivity index (χ0v) is 19.2. The first-order valence-corrected chi connectivity index (χ1v) is 12.4. The predicted molar refractivity (Wildman–Crippen MR) is 121 cm³/mol. The van der Waals surface area contributed by atoms with Crippen molar-refractivity contribution in [2.75, 3.05) is 25.2 Å². The van der Waals surface area contributed by atoms with Crippen molar-refractivity contribution in [3.05, 3.63) is 41.2 Å². The van der Waals surface area contributed by atoms with Gasteiger partial charge in [-0.1, -0.05) is 6.92 Å². The number of sulfonamides is 1. The van der Waals surface area contributed by atoms with E-state index in [0.717, 1.165) is 52.2 Å². The smallest absolute Gasteiger partial charge is 0.208 e. The normalized spacial score (nSPS) is 12.7. The molecule has 3 N–H and O–H groups in total. The Hall–Kier alpha value is -2.43. The molecule has 0 aliphatic rings. The second kappa shape index (κ2) is 9.59. The van der Waals surface area contributed by atoms with E-state index >= 15 is 0 Å². The molecule has 3 aromatic rings. The molecule has 3 rings (SSSR count). The number of nitrogens with one attached hydrogen (secondary N) is 3. The second-order valence-electron chi connectivity index (χ2n) is 7.36. The van der Waals surface area contributed by atoms with Crippen LogP contribution in [0.5, 0.6) is 5.75 Å². The second-order valence-corrected chi connectivity index (χ2v) is 10.1. The monoisotopic (exact) mass is 449 g/mol. The lowest BCUT2D eigenvalue weighted by Gasteiger charge is -2.10. The average molecular weight is 450 g/mol. The summed E-state index contributed by atoms with van der Waals surface area (Å²) in [5.74, 6) is 1.82. The first-order valence-electron chi connectivity index (χ1n) is 9.59. The van der Waals surface area contributed by atoms with Crippen LogP contribution in [0.3, 0.4) is 0 Å². The third-order valence-corrected chi connectivity index (χ3v) is 6.06. The molecular formula is C20H27N5O3S2. The molecule has 0 saturated heterocycles. The minimum absolute atomic E-state index is 0.324. The molecule has 0 radical (unpaired) electrons. The predicted octanol–water partition coefficient (Wildman–Crippen LogP) is 3.71. The molecule has 0 aliphatic carbocycles. The summed E-state index contributed by atoms with van der Waals surface area (Å²) in [5, 5.41) is 6.15. The SMILES string of the molecule is COc1cc(Nc2nc(C[C@@H](C)CCNS(C)(=O)=O)cs2)ccc1-c1ncc(C)[nH]1. The van der Waals surface area contributed by atoms with Crippen LogP contribution in [0.15, 0.2) is 29.8 Å². The number of aryl methyl sites for hydroxylation is 1. The number of hydrogen-bond donors (Lipinski definition) is 3. The first-order chi connectivity index (χ1) is 14.2. The van der Waals surface area contributed by atoms with Gasteiger partial charge in [0.25, 0.3) is 0 Å². The number of anilines is 2. The Labute approximate surface area is 181 Å². The number of hydrogen-bond acceptors (Lipinski definition) is 7. The van der Waals surface area contributed by atoms with Crippen molar-refractivity contribution in [2.24, 2.45) is 5.92 Å². The van der Waals surface area contributed by atoms with Gasteiger partial charge < -0.3 is 15.0 Å². The number of thiazole rings is 1. The number of aromatic amines is 1. The van der Waals surface area contributed by atoms with E-state index in [4.69, 9.17) is 4.74 Å². The lowest BCUT2D eigenvalue weighted by molar-refractivity contribution is 0.416. The van der Waals surface area contributed by atoms with Gasteiger partial charge in [0.1, 0.15) is 11.6 Å². The molecule has 0 amide bonds. The number of nitrogens with zero attached hydrogens (tertiary/aromatic N) is 2. The van der Waals surface area contributed by atoms with Gasteiger partial charge in [0.15, 0.2) is 5.13 Å². The summed E-state index contributed by atoms with van der Waals surface area (Å²) < 4.78 is 30.4. The van der Waals surface area contributed by atoms with Crippen LogP contribution in [-0.4, -0.2) is 43.3 Å². The van der Waals surface area contributed by atoms with Crippen LogP contribution in [0, 0.1) is 12.8 Å². The summed E-state index contributed by atoms with van der Waals surface area (Å²) in [6.07, 6.45) is 4.52. The Morgan fingerprint density at radius 1 is 1.33 bits per heavy atom. The summed E-state index contributed by atoms with van der Waals surface area (Å²) in [7, 11) is -1.50. The van der Waals surface area contributed by atoms with E-state index in [0.29, 0.717) is 12.5 Å². The van der Waals surface area contributed by atoms with Crippen molar-refractivity contribution in [2.45, 2.75) is 26.7 Å². The van der Waals surface area contributed by atoms with Crippen molar-refractivity contribution in [3.8, 4) is 17.1 Å². The summed E-state index contributed by atoms with van der Waals surface area (Å²) in [6.45, 7) is 4.49. The molecule has 8 nitrogen and oxygen atoms in total. The van der Waals surface area contributed by atoms with Crippen molar-refractivity contribution in [3.63, 3.8) is 0 Å². The van der Waals surface area contributed by atoms with Gasteiger partial charge in [0, 0.05) is 35.6 Å². The van der Waals surface area contributed by atoms with E-state index in [9.17, 15) is 8.42 Å². The van der Waals surface area contributed by atoms with E-state index < -0.39 is 10.0 Å². The van der Waals surface area contributed by atoms with Gasteiger partial charge in [-0.2, -0.15) is 0 Å².